The summed E-state index contributed by atoms with van der Waals surface area (Å²) in [5.74, 6) is -1.40. The number of hydrogen-bond acceptors (Lipinski definition) is 14. The molecular weight excluding hydrogens is 1000 g/mol. The molecule has 0 aliphatic carbocycles. The van der Waals surface area contributed by atoms with E-state index >= 15 is 0 Å². The zero-order valence-corrected chi connectivity index (χ0v) is 44.5. The van der Waals surface area contributed by atoms with Gasteiger partial charge in [0.05, 0.1) is 45.5 Å². The van der Waals surface area contributed by atoms with E-state index in [0.29, 0.717) is 59.5 Å². The highest BCUT2D eigenvalue weighted by Crippen LogP contribution is 2.34. The van der Waals surface area contributed by atoms with Crippen LogP contribution in [0.2, 0.25) is 5.02 Å². The van der Waals surface area contributed by atoms with Crippen LogP contribution in [0.3, 0.4) is 0 Å². The second kappa shape index (κ2) is 24.4. The molecule has 3 aliphatic heterocycles. The Labute approximate surface area is 445 Å². The summed E-state index contributed by atoms with van der Waals surface area (Å²) in [5.41, 5.74) is 5.48. The summed E-state index contributed by atoms with van der Waals surface area (Å²) in [6.07, 6.45) is 5.72. The van der Waals surface area contributed by atoms with Gasteiger partial charge in [0.1, 0.15) is 35.8 Å². The van der Waals surface area contributed by atoms with Crippen molar-refractivity contribution in [2.45, 2.75) is 90.6 Å². The summed E-state index contributed by atoms with van der Waals surface area (Å²) >= 11 is 7.55. The van der Waals surface area contributed by atoms with Gasteiger partial charge < -0.3 is 40.9 Å². The summed E-state index contributed by atoms with van der Waals surface area (Å²) in [7, 11) is 1.51. The molecule has 18 nitrogen and oxygen atoms in total. The molecule has 3 atom stereocenters. The van der Waals surface area contributed by atoms with E-state index in [-0.39, 0.29) is 55.1 Å². The number of carbonyl (C=O) groups is 5. The number of aryl methyl sites for hydroxylation is 1. The number of aromatic nitrogens is 3. The molecule has 0 spiro atoms. The second-order valence-electron chi connectivity index (χ2n) is 20.3. The van der Waals surface area contributed by atoms with Crippen molar-refractivity contribution in [3.05, 3.63) is 101 Å². The Morgan fingerprint density at radius 1 is 0.960 bits per heavy atom. The summed E-state index contributed by atoms with van der Waals surface area (Å²) in [4.78, 5) is 89.6. The van der Waals surface area contributed by atoms with Gasteiger partial charge >= 0.3 is 0 Å². The third kappa shape index (κ3) is 13.8. The highest BCUT2D eigenvalue weighted by molar-refractivity contribution is 7.13. The lowest BCUT2D eigenvalue weighted by atomic mass is 9.85. The topological polar surface area (TPSA) is 215 Å². The Morgan fingerprint density at radius 2 is 1.71 bits per heavy atom. The first-order valence-corrected chi connectivity index (χ1v) is 26.5. The average Bonchev–Trinajstić information content (AvgIpc) is 4.02. The van der Waals surface area contributed by atoms with Crippen molar-refractivity contribution in [2.75, 3.05) is 70.1 Å². The number of methoxy groups -OCH3 is 1. The van der Waals surface area contributed by atoms with E-state index in [0.717, 1.165) is 60.7 Å². The van der Waals surface area contributed by atoms with E-state index in [1.54, 1.807) is 34.4 Å². The summed E-state index contributed by atoms with van der Waals surface area (Å²) < 4.78 is 19.3. The summed E-state index contributed by atoms with van der Waals surface area (Å²) in [5, 5.41) is 23.1. The number of rotatable bonds is 17. The molecule has 5 N–H and O–H groups in total. The van der Waals surface area contributed by atoms with Crippen molar-refractivity contribution in [1.82, 2.24) is 45.2 Å². The molecule has 398 valence electrons. The van der Waals surface area contributed by atoms with E-state index in [1.807, 2.05) is 63.5 Å². The van der Waals surface area contributed by atoms with Crippen molar-refractivity contribution in [3.63, 3.8) is 0 Å². The van der Waals surface area contributed by atoms with Crippen LogP contribution in [0.5, 0.6) is 5.75 Å². The van der Waals surface area contributed by atoms with Gasteiger partial charge in [-0.05, 0) is 73.7 Å². The van der Waals surface area contributed by atoms with E-state index in [4.69, 9.17) is 16.3 Å². The van der Waals surface area contributed by atoms with Crippen molar-refractivity contribution >= 4 is 80.6 Å². The normalized spacial score (nSPS) is 18.3. The van der Waals surface area contributed by atoms with Gasteiger partial charge in [0.25, 0.3) is 0 Å². The highest BCUT2D eigenvalue weighted by atomic mass is 35.5. The summed E-state index contributed by atoms with van der Waals surface area (Å²) in [6.45, 7) is 12.5. The number of nitrogens with zero attached hydrogens (tertiary/aromatic N) is 7. The Morgan fingerprint density at radius 3 is 2.39 bits per heavy atom. The van der Waals surface area contributed by atoms with E-state index in [2.05, 4.69) is 46.0 Å². The largest absolute Gasteiger partial charge is 0.494 e. The number of β-amino-alcohol motifs (C(OH)–C–C–N with tert-alkyl or cyclic N) is 1. The minimum atomic E-state index is -0.993. The van der Waals surface area contributed by atoms with Gasteiger partial charge in [-0.3, -0.25) is 33.8 Å². The molecule has 3 aliphatic rings. The van der Waals surface area contributed by atoms with Crippen LogP contribution in [-0.2, 0) is 30.5 Å². The number of anilines is 3. The molecule has 0 saturated carbocycles. The van der Waals surface area contributed by atoms with Crippen LogP contribution in [0.15, 0.2) is 78.6 Å². The third-order valence-electron chi connectivity index (χ3n) is 14.0. The summed E-state index contributed by atoms with van der Waals surface area (Å²) in [6, 6.07) is 14.0. The monoisotopic (exact) mass is 1070 g/mol. The van der Waals surface area contributed by atoms with E-state index in [1.165, 1.54) is 36.5 Å². The Hall–Kier alpha value is -6.58. The quantitative estimate of drug-likeness (QED) is 0.0648. The molecule has 5 amide bonds. The average molecular weight is 1070 g/mol. The number of carbonyl (C=O) groups excluding carboxylic acids is 5. The van der Waals surface area contributed by atoms with Crippen LogP contribution in [0.1, 0.15) is 64.1 Å². The lowest BCUT2D eigenvalue weighted by Crippen LogP contribution is -2.57. The molecule has 0 radical (unpaired) electrons. The predicted octanol–water partition coefficient (Wildman–Crippen LogP) is 6.30. The van der Waals surface area contributed by atoms with Crippen LogP contribution >= 0.6 is 22.9 Å². The molecule has 0 bridgehead atoms. The van der Waals surface area contributed by atoms with Gasteiger partial charge in [0, 0.05) is 94.3 Å². The maximum Gasteiger partial charge on any atom is 0.248 e. The number of hydrogen-bond donors (Lipinski definition) is 5. The Bertz CT molecular complexity index is 2900. The molecule has 3 fully saturated rings. The van der Waals surface area contributed by atoms with E-state index < -0.39 is 41.2 Å². The van der Waals surface area contributed by atoms with Crippen LogP contribution in [0, 0.1) is 18.2 Å². The number of benzene rings is 3. The van der Waals surface area contributed by atoms with Crippen LogP contribution < -0.4 is 26.0 Å². The zero-order valence-electron chi connectivity index (χ0n) is 42.9. The molecule has 1 unspecified atom stereocenters. The molecule has 5 aromatic rings. The number of piperidine rings is 1. The molecule has 21 heteroatoms. The standard InChI is InChI=1S/C54H65ClFN11O7S/c1-33-49(75-32-60-33)35-10-8-34(9-11-35)29-57-52(72)44-26-38(68)30-67(44)53(73)50(54(2,3)4)63-47(70)14-15-48(71)66-23-21-65(22-24-66)37-16-19-64(20-17-37)18-6-7-46(69)62-43-27-39-42(28-45(43)74-5)58-31-59-51(39)61-36-12-13-41(56)40(55)25-36/h6-13,25,27-28,31-32,37-38,44,50,68H,14-24,26,29-30H2,1-5H3,(H,57,72)(H,62,69)(H,63,70)(H,58,59,61)/b7-6+/t38-,44+,50?/m1/s1. The van der Waals surface area contributed by atoms with Gasteiger partial charge in [-0.1, -0.05) is 62.7 Å². The zero-order chi connectivity index (χ0) is 53.4. The Kier molecular flexibility index (Phi) is 17.8. The molecule has 8 rings (SSSR count). The molecule has 5 heterocycles. The molecule has 2 aromatic heterocycles. The first-order valence-electron chi connectivity index (χ1n) is 25.3. The first-order chi connectivity index (χ1) is 35.9. The maximum absolute atomic E-state index is 14.1. The number of aliphatic hydroxyl groups is 1. The number of aliphatic hydroxyl groups excluding tert-OH is 1. The van der Waals surface area contributed by atoms with Crippen molar-refractivity contribution < 1.29 is 38.2 Å². The van der Waals surface area contributed by atoms with Crippen LogP contribution in [-0.4, -0.2) is 153 Å². The van der Waals surface area contributed by atoms with Gasteiger partial charge in [0.15, 0.2) is 0 Å². The SMILES string of the molecule is COc1cc2ncnc(Nc3ccc(F)c(Cl)c3)c2cc1NC(=O)/C=C/CN1CCC(N2CCN(C(=O)CCC(=O)NC(C(=O)N3C[C@H](O)C[C@H]3C(=O)NCc3ccc(-c4scnc4C)cc3)C(C)(C)C)CC2)CC1. The number of thiazole rings is 1. The van der Waals surface area contributed by atoms with Gasteiger partial charge in [-0.25, -0.2) is 19.3 Å². The Balaban J connectivity index is 0.748. The van der Waals surface area contributed by atoms with Gasteiger partial charge in [-0.15, -0.1) is 11.3 Å². The predicted molar refractivity (Wildman–Crippen MR) is 287 cm³/mol. The minimum absolute atomic E-state index is 0.00281. The second-order valence-corrected chi connectivity index (χ2v) is 21.6. The molecular formula is C54H65ClFN11O7S. The van der Waals surface area contributed by atoms with Crippen molar-refractivity contribution in [2.24, 2.45) is 5.41 Å². The molecule has 3 aromatic carbocycles. The maximum atomic E-state index is 14.1. The lowest BCUT2D eigenvalue weighted by Gasteiger charge is -2.42. The van der Waals surface area contributed by atoms with Crippen LogP contribution in [0.4, 0.5) is 21.6 Å². The van der Waals surface area contributed by atoms with Crippen molar-refractivity contribution in [3.8, 4) is 16.2 Å². The number of amides is 5. The van der Waals surface area contributed by atoms with Gasteiger partial charge in [0.2, 0.25) is 29.5 Å². The van der Waals surface area contributed by atoms with Gasteiger partial charge in [-0.2, -0.15) is 0 Å². The fourth-order valence-corrected chi connectivity index (χ4v) is 10.8. The fraction of sp³-hybridized carbons (Fsp3) is 0.444. The fourth-order valence-electron chi connectivity index (χ4n) is 9.84. The van der Waals surface area contributed by atoms with Crippen molar-refractivity contribution in [1.29, 1.82) is 0 Å². The molecule has 75 heavy (non-hydrogen) atoms. The number of piperazine rings is 1. The first kappa shape index (κ1) is 54.7. The number of ether oxygens (including phenoxy) is 1. The van der Waals surface area contributed by atoms with Crippen LogP contribution in [0.25, 0.3) is 21.3 Å². The van der Waals surface area contributed by atoms with E-state index in [9.17, 15) is 33.5 Å². The number of halogens is 2. The highest BCUT2D eigenvalue weighted by Gasteiger charge is 2.44. The molecule has 3 saturated heterocycles. The minimum Gasteiger partial charge on any atom is -0.494 e. The third-order valence-corrected chi connectivity index (χ3v) is 15.3. The smallest absolute Gasteiger partial charge is 0.248 e. The number of nitrogens with one attached hydrogen (secondary N) is 4. The number of fused-ring (bicyclic) bond motifs is 1. The lowest BCUT2D eigenvalue weighted by molar-refractivity contribution is -0.144. The number of likely N-dealkylation sites (tertiary alicyclic amines) is 2.